The summed E-state index contributed by atoms with van der Waals surface area (Å²) in [5.74, 6) is 0. The molecule has 0 radical (unpaired) electrons. The molecule has 0 saturated carbocycles. The summed E-state index contributed by atoms with van der Waals surface area (Å²) in [6.45, 7) is 1.87. The van der Waals surface area contributed by atoms with Crippen molar-refractivity contribution in [2.45, 2.75) is 6.92 Å². The van der Waals surface area contributed by atoms with Crippen molar-refractivity contribution in [1.82, 2.24) is 10.9 Å². The molecule has 1 aliphatic rings. The van der Waals surface area contributed by atoms with Crippen molar-refractivity contribution >= 4 is 23.2 Å². The van der Waals surface area contributed by atoms with E-state index in [-0.39, 0.29) is 0 Å². The number of hydrogen-bond donors (Lipinski definition) is 2. The Morgan fingerprint density at radius 2 is 2.00 bits per heavy atom. The first-order valence-electron chi connectivity index (χ1n) is 2.46. The average molecular weight is 165 g/mol. The zero-order chi connectivity index (χ0) is 6.85. The fraction of sp³-hybridized carbons (Fsp3) is 0.200. The Kier molecular flexibility index (Phi) is 1.88. The van der Waals surface area contributed by atoms with E-state index in [2.05, 4.69) is 10.9 Å². The number of halogens is 2. The molecule has 2 N–H and O–H groups in total. The van der Waals surface area contributed by atoms with Crippen molar-refractivity contribution in [3.05, 3.63) is 22.0 Å². The molecule has 0 spiro atoms. The lowest BCUT2D eigenvalue weighted by molar-refractivity contribution is 0.730. The molecular weight excluding hydrogens is 159 g/mol. The minimum atomic E-state index is 0.553. The second kappa shape index (κ2) is 2.50. The van der Waals surface area contributed by atoms with Gasteiger partial charge in [0.1, 0.15) is 10.3 Å². The summed E-state index contributed by atoms with van der Waals surface area (Å²) in [5.41, 5.74) is 6.26. The van der Waals surface area contributed by atoms with Crippen LogP contribution in [0.25, 0.3) is 0 Å². The molecule has 0 aromatic heterocycles. The number of rotatable bonds is 0. The van der Waals surface area contributed by atoms with Gasteiger partial charge in [-0.3, -0.25) is 10.9 Å². The molecule has 0 unspecified atom stereocenters. The number of hydrogen-bond acceptors (Lipinski definition) is 2. The van der Waals surface area contributed by atoms with Crippen LogP contribution in [0, 0.1) is 0 Å². The molecule has 0 saturated heterocycles. The third-order valence-electron chi connectivity index (χ3n) is 0.981. The third kappa shape index (κ3) is 1.53. The summed E-state index contributed by atoms with van der Waals surface area (Å²) in [7, 11) is 0. The molecule has 4 heteroatoms. The van der Waals surface area contributed by atoms with Gasteiger partial charge in [-0.25, -0.2) is 0 Å². The van der Waals surface area contributed by atoms with Crippen LogP contribution < -0.4 is 10.9 Å². The fourth-order valence-corrected chi connectivity index (χ4v) is 0.815. The first kappa shape index (κ1) is 6.78. The normalized spacial score (nSPS) is 18.3. The van der Waals surface area contributed by atoms with E-state index in [0.717, 1.165) is 5.57 Å². The lowest BCUT2D eigenvalue weighted by Gasteiger charge is -2.13. The van der Waals surface area contributed by atoms with Crippen LogP contribution in [0.2, 0.25) is 0 Å². The highest BCUT2D eigenvalue weighted by atomic mass is 35.5. The first-order chi connectivity index (χ1) is 4.20. The van der Waals surface area contributed by atoms with Crippen LogP contribution in [0.1, 0.15) is 6.92 Å². The van der Waals surface area contributed by atoms with Crippen LogP contribution in [-0.2, 0) is 0 Å². The molecule has 0 amide bonds. The highest BCUT2D eigenvalue weighted by Gasteiger charge is 2.02. The van der Waals surface area contributed by atoms with Gasteiger partial charge in [-0.05, 0) is 18.6 Å². The quantitative estimate of drug-likeness (QED) is 0.533. The summed E-state index contributed by atoms with van der Waals surface area (Å²) >= 11 is 11.2. The Labute approximate surface area is 63.5 Å². The van der Waals surface area contributed by atoms with E-state index in [1.807, 2.05) is 6.92 Å². The van der Waals surface area contributed by atoms with Crippen molar-refractivity contribution in [3.63, 3.8) is 0 Å². The van der Waals surface area contributed by atoms with E-state index in [1.54, 1.807) is 6.08 Å². The standard InChI is InChI=1S/C5H6Cl2N2/c1-3-2-4(6)8-9-5(3)7/h2,8-9H,1H3. The van der Waals surface area contributed by atoms with Crippen LogP contribution in [0.15, 0.2) is 22.0 Å². The van der Waals surface area contributed by atoms with Gasteiger partial charge in [0.05, 0.1) is 0 Å². The molecule has 0 fully saturated rings. The minimum Gasteiger partial charge on any atom is -0.289 e. The van der Waals surface area contributed by atoms with E-state index in [0.29, 0.717) is 10.3 Å². The summed E-state index contributed by atoms with van der Waals surface area (Å²) in [4.78, 5) is 0. The lowest BCUT2D eigenvalue weighted by atomic mass is 10.3. The Hall–Kier alpha value is -0.340. The van der Waals surface area contributed by atoms with Crippen LogP contribution in [-0.4, -0.2) is 0 Å². The van der Waals surface area contributed by atoms with Gasteiger partial charge in [-0.2, -0.15) is 0 Å². The first-order valence-corrected chi connectivity index (χ1v) is 3.21. The van der Waals surface area contributed by atoms with Gasteiger partial charge >= 0.3 is 0 Å². The van der Waals surface area contributed by atoms with Gasteiger partial charge in [0.25, 0.3) is 0 Å². The van der Waals surface area contributed by atoms with Gasteiger partial charge < -0.3 is 0 Å². The largest absolute Gasteiger partial charge is 0.289 e. The molecule has 1 heterocycles. The Morgan fingerprint density at radius 1 is 1.33 bits per heavy atom. The van der Waals surface area contributed by atoms with Crippen molar-refractivity contribution in [1.29, 1.82) is 0 Å². The molecule has 0 aromatic carbocycles. The van der Waals surface area contributed by atoms with E-state index < -0.39 is 0 Å². The van der Waals surface area contributed by atoms with E-state index in [1.165, 1.54) is 0 Å². The van der Waals surface area contributed by atoms with Crippen molar-refractivity contribution in [2.75, 3.05) is 0 Å². The fourth-order valence-electron chi connectivity index (χ4n) is 0.503. The molecule has 2 nitrogen and oxygen atoms in total. The predicted molar refractivity (Wildman–Crippen MR) is 38.8 cm³/mol. The van der Waals surface area contributed by atoms with Gasteiger partial charge in [0.2, 0.25) is 0 Å². The predicted octanol–water partition coefficient (Wildman–Crippen LogP) is 1.64. The molecular formula is C5H6Cl2N2. The Balaban J connectivity index is 2.83. The summed E-state index contributed by atoms with van der Waals surface area (Å²) < 4.78 is 0. The zero-order valence-corrected chi connectivity index (χ0v) is 6.35. The van der Waals surface area contributed by atoms with Crippen LogP contribution >= 0.6 is 23.2 Å². The maximum absolute atomic E-state index is 5.64. The molecule has 9 heavy (non-hydrogen) atoms. The van der Waals surface area contributed by atoms with Crippen LogP contribution in [0.3, 0.4) is 0 Å². The maximum Gasteiger partial charge on any atom is 0.123 e. The van der Waals surface area contributed by atoms with Gasteiger partial charge in [0, 0.05) is 0 Å². The molecule has 50 valence electrons. The minimum absolute atomic E-state index is 0.553. The van der Waals surface area contributed by atoms with Gasteiger partial charge in [-0.1, -0.05) is 23.2 Å². The molecule has 0 aromatic rings. The monoisotopic (exact) mass is 164 g/mol. The third-order valence-corrected chi connectivity index (χ3v) is 1.58. The topological polar surface area (TPSA) is 24.1 Å². The highest BCUT2D eigenvalue weighted by molar-refractivity contribution is 6.32. The number of hydrazine groups is 1. The lowest BCUT2D eigenvalue weighted by Crippen LogP contribution is -2.29. The van der Waals surface area contributed by atoms with Gasteiger partial charge in [0.15, 0.2) is 0 Å². The summed E-state index contributed by atoms with van der Waals surface area (Å²) in [6.07, 6.45) is 1.75. The Morgan fingerprint density at radius 3 is 2.44 bits per heavy atom. The SMILES string of the molecule is CC1=C(Cl)NNC(Cl)=C1. The van der Waals surface area contributed by atoms with E-state index in [9.17, 15) is 0 Å². The number of allylic oxidation sites excluding steroid dienone is 2. The second-order valence-corrected chi connectivity index (χ2v) is 2.52. The van der Waals surface area contributed by atoms with E-state index >= 15 is 0 Å². The average Bonchev–Trinajstić information content (AvgIpc) is 1.80. The van der Waals surface area contributed by atoms with E-state index in [4.69, 9.17) is 23.2 Å². The van der Waals surface area contributed by atoms with Crippen molar-refractivity contribution in [2.24, 2.45) is 0 Å². The summed E-state index contributed by atoms with van der Waals surface area (Å²) in [5, 5.41) is 1.14. The summed E-state index contributed by atoms with van der Waals surface area (Å²) in [6, 6.07) is 0. The van der Waals surface area contributed by atoms with Crippen molar-refractivity contribution in [3.8, 4) is 0 Å². The highest BCUT2D eigenvalue weighted by Crippen LogP contribution is 2.13. The van der Waals surface area contributed by atoms with Gasteiger partial charge in [-0.15, -0.1) is 0 Å². The molecule has 0 atom stereocenters. The molecule has 0 bridgehead atoms. The Bertz CT molecular complexity index is 183. The van der Waals surface area contributed by atoms with Crippen LogP contribution in [0.4, 0.5) is 0 Å². The second-order valence-electron chi connectivity index (χ2n) is 1.74. The van der Waals surface area contributed by atoms with Crippen molar-refractivity contribution < 1.29 is 0 Å². The smallest absolute Gasteiger partial charge is 0.123 e. The van der Waals surface area contributed by atoms with Crippen LogP contribution in [0.5, 0.6) is 0 Å². The zero-order valence-electron chi connectivity index (χ0n) is 4.83. The maximum atomic E-state index is 5.64. The number of nitrogens with one attached hydrogen (secondary N) is 2. The molecule has 1 aliphatic heterocycles. The molecule has 1 rings (SSSR count). The molecule has 0 aliphatic carbocycles.